The second-order valence-corrected chi connectivity index (χ2v) is 13.7. The first-order valence-corrected chi connectivity index (χ1v) is 18.2. The molecule has 5 aromatic carbocycles. The molecule has 0 radical (unpaired) electrons. The molecule has 11 heteroatoms. The van der Waals surface area contributed by atoms with Crippen molar-refractivity contribution in [2.45, 2.75) is 50.3 Å². The lowest BCUT2D eigenvalue weighted by Gasteiger charge is -2.41. The Labute approximate surface area is 307 Å². The van der Waals surface area contributed by atoms with Gasteiger partial charge in [-0.1, -0.05) is 128 Å². The fourth-order valence-corrected chi connectivity index (χ4v) is 7.27. The van der Waals surface area contributed by atoms with Gasteiger partial charge in [0, 0.05) is 30.3 Å². The highest BCUT2D eigenvalue weighted by atomic mass is 32.2. The monoisotopic (exact) mass is 712 g/mol. The van der Waals surface area contributed by atoms with Gasteiger partial charge in [-0.05, 0) is 68.1 Å². The number of ether oxygens (including phenoxy) is 2. The van der Waals surface area contributed by atoms with Crippen molar-refractivity contribution >= 4 is 17.8 Å². The minimum absolute atomic E-state index is 0.00189. The molecule has 0 saturated carbocycles. The number of hydrogen-bond acceptors (Lipinski definition) is 8. The van der Waals surface area contributed by atoms with Gasteiger partial charge < -0.3 is 25.2 Å². The van der Waals surface area contributed by atoms with E-state index >= 15 is 0 Å². The fraction of sp³-hybridized carbons (Fsp3) is 0.220. The number of amides is 2. The molecule has 4 atom stereocenters. The first-order chi connectivity index (χ1) is 25.5. The number of thioether (sulfide) groups is 1. The number of nitrogens with zero attached hydrogens (tertiary/aromatic N) is 4. The van der Waals surface area contributed by atoms with Crippen LogP contribution in [0.1, 0.15) is 47.1 Å². The van der Waals surface area contributed by atoms with Gasteiger partial charge in [-0.15, -0.1) is 5.10 Å². The van der Waals surface area contributed by atoms with Crippen LogP contribution in [0, 0.1) is 5.92 Å². The third kappa shape index (κ3) is 8.58. The summed E-state index contributed by atoms with van der Waals surface area (Å²) in [6.07, 6.45) is -1.08. The second kappa shape index (κ2) is 16.8. The molecule has 6 aromatic rings. The summed E-state index contributed by atoms with van der Waals surface area (Å²) in [6.45, 7) is 2.98. The van der Waals surface area contributed by atoms with Crippen molar-refractivity contribution in [1.29, 1.82) is 0 Å². The predicted octanol–water partition coefficient (Wildman–Crippen LogP) is 7.40. The van der Waals surface area contributed by atoms with E-state index in [1.165, 1.54) is 0 Å². The summed E-state index contributed by atoms with van der Waals surface area (Å²) in [5, 5.41) is 28.7. The predicted molar refractivity (Wildman–Crippen MR) is 200 cm³/mol. The molecular formula is C41H40N6O4S. The van der Waals surface area contributed by atoms with Crippen LogP contribution >= 0.6 is 11.8 Å². The molecule has 2 heterocycles. The third-order valence-electron chi connectivity index (χ3n) is 9.11. The first kappa shape index (κ1) is 35.1. The summed E-state index contributed by atoms with van der Waals surface area (Å²) < 4.78 is 15.2. The third-order valence-corrected chi connectivity index (χ3v) is 10.1. The van der Waals surface area contributed by atoms with Crippen LogP contribution in [0.2, 0.25) is 0 Å². The molecule has 264 valence electrons. The van der Waals surface area contributed by atoms with Gasteiger partial charge in [-0.3, -0.25) is 0 Å². The first-order valence-electron chi connectivity index (χ1n) is 17.3. The van der Waals surface area contributed by atoms with Gasteiger partial charge in [0.05, 0.1) is 24.5 Å². The molecule has 52 heavy (non-hydrogen) atoms. The number of carbonyl (C=O) groups is 1. The number of aliphatic hydroxyl groups excluding tert-OH is 1. The van der Waals surface area contributed by atoms with Gasteiger partial charge in [0.25, 0.3) is 0 Å². The number of aromatic nitrogens is 4. The van der Waals surface area contributed by atoms with Crippen molar-refractivity contribution in [2.24, 2.45) is 5.92 Å². The van der Waals surface area contributed by atoms with Gasteiger partial charge in [0.15, 0.2) is 6.29 Å². The van der Waals surface area contributed by atoms with Crippen molar-refractivity contribution in [3.8, 4) is 16.8 Å². The van der Waals surface area contributed by atoms with Gasteiger partial charge >= 0.3 is 6.03 Å². The minimum Gasteiger partial charge on any atom is -0.392 e. The Hall–Kier alpha value is -5.33. The van der Waals surface area contributed by atoms with Crippen molar-refractivity contribution < 1.29 is 19.4 Å². The molecule has 7 rings (SSSR count). The summed E-state index contributed by atoms with van der Waals surface area (Å²) in [6, 6.07) is 43.7. The standard InChI is InChI=1S/C41H40N6O4S/c1-28-37(27-52-41-44-45-46-47(41)36-16-6-3-7-17-36)50-39(51-38(28)32-20-18-30(26-48)19-21-32)35-15-9-14-34(23-35)33-13-8-12-31(22-33)25-43-40(49)42-24-29-10-4-2-5-11-29/h2-23,28,37-39,48H,24-27H2,1H3,(H2,42,43,49). The molecular weight excluding hydrogens is 673 g/mol. The molecule has 0 spiro atoms. The van der Waals surface area contributed by atoms with Gasteiger partial charge in [0.1, 0.15) is 0 Å². The van der Waals surface area contributed by atoms with Gasteiger partial charge in [-0.2, -0.15) is 4.68 Å². The number of carbonyl (C=O) groups excluding carboxylic acids is 1. The van der Waals surface area contributed by atoms with E-state index in [-0.39, 0.29) is 30.8 Å². The van der Waals surface area contributed by atoms with E-state index in [1.54, 1.807) is 16.4 Å². The zero-order valence-corrected chi connectivity index (χ0v) is 29.5. The molecule has 0 aliphatic carbocycles. The Morgan fingerprint density at radius 2 is 1.42 bits per heavy atom. The van der Waals surface area contributed by atoms with Crippen LogP contribution in [0.5, 0.6) is 0 Å². The van der Waals surface area contributed by atoms with Crippen molar-refractivity contribution in [3.05, 3.63) is 161 Å². The lowest BCUT2D eigenvalue weighted by atomic mass is 9.91. The molecule has 10 nitrogen and oxygen atoms in total. The summed E-state index contributed by atoms with van der Waals surface area (Å²) >= 11 is 1.55. The van der Waals surface area contributed by atoms with Crippen LogP contribution in [0.4, 0.5) is 4.79 Å². The number of para-hydroxylation sites is 1. The number of hydrogen-bond donors (Lipinski definition) is 3. The highest BCUT2D eigenvalue weighted by Gasteiger charge is 2.38. The molecule has 3 N–H and O–H groups in total. The number of aliphatic hydroxyl groups is 1. The Morgan fingerprint density at radius 3 is 2.17 bits per heavy atom. The van der Waals surface area contributed by atoms with E-state index in [0.29, 0.717) is 24.0 Å². The van der Waals surface area contributed by atoms with Crippen molar-refractivity contribution in [2.75, 3.05) is 5.75 Å². The maximum Gasteiger partial charge on any atom is 0.315 e. The molecule has 0 bridgehead atoms. The zero-order valence-electron chi connectivity index (χ0n) is 28.7. The van der Waals surface area contributed by atoms with Crippen molar-refractivity contribution in [1.82, 2.24) is 30.8 Å². The van der Waals surface area contributed by atoms with Crippen LogP contribution in [0.15, 0.2) is 139 Å². The summed E-state index contributed by atoms with van der Waals surface area (Å²) in [4.78, 5) is 12.5. The SMILES string of the molecule is CC1C(CSc2nnnn2-c2ccccc2)OC(c2cccc(-c3cccc(CNC(=O)NCc4ccccc4)c3)c2)OC1c1ccc(CO)cc1. The largest absolute Gasteiger partial charge is 0.392 e. The van der Waals surface area contributed by atoms with Gasteiger partial charge in [-0.25, -0.2) is 4.79 Å². The minimum atomic E-state index is -0.632. The molecule has 1 aliphatic heterocycles. The lowest BCUT2D eigenvalue weighted by molar-refractivity contribution is -0.268. The molecule has 1 saturated heterocycles. The molecule has 1 fully saturated rings. The van der Waals surface area contributed by atoms with Crippen LogP contribution in [0.3, 0.4) is 0 Å². The van der Waals surface area contributed by atoms with Crippen LogP contribution in [-0.4, -0.2) is 43.2 Å². The molecule has 1 aromatic heterocycles. The van der Waals surface area contributed by atoms with Gasteiger partial charge in [0.2, 0.25) is 5.16 Å². The molecule has 2 amide bonds. The maximum atomic E-state index is 12.5. The van der Waals surface area contributed by atoms with Crippen LogP contribution in [0.25, 0.3) is 16.8 Å². The Kier molecular flexibility index (Phi) is 11.3. The second-order valence-electron chi connectivity index (χ2n) is 12.7. The average molecular weight is 713 g/mol. The highest BCUT2D eigenvalue weighted by Crippen LogP contribution is 2.43. The number of urea groups is 1. The van der Waals surface area contributed by atoms with Crippen LogP contribution < -0.4 is 10.6 Å². The Balaban J connectivity index is 1.08. The van der Waals surface area contributed by atoms with E-state index in [2.05, 4.69) is 57.3 Å². The van der Waals surface area contributed by atoms with E-state index in [4.69, 9.17) is 9.47 Å². The topological polar surface area (TPSA) is 123 Å². The summed E-state index contributed by atoms with van der Waals surface area (Å²) in [5.74, 6) is 0.606. The Bertz CT molecular complexity index is 2060. The molecule has 1 aliphatic rings. The normalized spacial score (nSPS) is 18.5. The quantitative estimate of drug-likeness (QED) is 0.112. The van der Waals surface area contributed by atoms with Crippen LogP contribution in [-0.2, 0) is 29.2 Å². The number of nitrogens with one attached hydrogen (secondary N) is 2. The van der Waals surface area contributed by atoms with Crippen molar-refractivity contribution in [3.63, 3.8) is 0 Å². The number of rotatable bonds is 12. The van der Waals surface area contributed by atoms with E-state index < -0.39 is 6.29 Å². The van der Waals surface area contributed by atoms with E-state index in [0.717, 1.165) is 44.6 Å². The number of benzene rings is 5. The summed E-state index contributed by atoms with van der Waals surface area (Å²) in [7, 11) is 0. The molecule has 4 unspecified atom stereocenters. The summed E-state index contributed by atoms with van der Waals surface area (Å²) in [5.41, 5.74) is 7.71. The smallest absolute Gasteiger partial charge is 0.315 e. The number of tetrazole rings is 1. The lowest BCUT2D eigenvalue weighted by Crippen LogP contribution is -2.38. The van der Waals surface area contributed by atoms with E-state index in [1.807, 2.05) is 109 Å². The fourth-order valence-electron chi connectivity index (χ4n) is 6.22. The Morgan fingerprint density at radius 1 is 0.750 bits per heavy atom. The zero-order chi connectivity index (χ0) is 35.7. The average Bonchev–Trinajstić information content (AvgIpc) is 3.68. The van der Waals surface area contributed by atoms with E-state index in [9.17, 15) is 9.90 Å². The maximum absolute atomic E-state index is 12.5. The highest BCUT2D eigenvalue weighted by molar-refractivity contribution is 7.99.